The van der Waals surface area contributed by atoms with Crippen LogP contribution in [0, 0.1) is 13.8 Å². The Morgan fingerprint density at radius 1 is 1.18 bits per heavy atom. The number of aromatic nitrogens is 2. The van der Waals surface area contributed by atoms with E-state index >= 15 is 0 Å². The smallest absolute Gasteiger partial charge is 0.257 e. The highest BCUT2D eigenvalue weighted by molar-refractivity contribution is 5.79. The Labute approximate surface area is 164 Å². The van der Waals surface area contributed by atoms with Crippen LogP contribution >= 0.6 is 0 Å². The molecule has 1 fully saturated rings. The largest absolute Gasteiger partial charge is 0.497 e. The van der Waals surface area contributed by atoms with Gasteiger partial charge in [0.15, 0.2) is 5.82 Å². The summed E-state index contributed by atoms with van der Waals surface area (Å²) in [5, 5.41) is 4.14. The standard InChI is InChI=1S/C22H23N3O3/c1-14-7-8-17(9-15(14)2)22-23-21(24-28-22)18-11-20(26)25(13-18)12-16-5-4-6-19(10-16)27-3/h4-10,18H,11-13H2,1-3H3. The molecule has 2 heterocycles. The molecule has 144 valence electrons. The maximum Gasteiger partial charge on any atom is 0.257 e. The van der Waals surface area contributed by atoms with Crippen LogP contribution in [0.3, 0.4) is 0 Å². The van der Waals surface area contributed by atoms with Gasteiger partial charge in [-0.15, -0.1) is 0 Å². The number of hydrogen-bond acceptors (Lipinski definition) is 5. The van der Waals surface area contributed by atoms with E-state index in [4.69, 9.17) is 9.26 Å². The van der Waals surface area contributed by atoms with E-state index in [0.29, 0.717) is 31.2 Å². The third kappa shape index (κ3) is 3.63. The second kappa shape index (κ2) is 7.46. The van der Waals surface area contributed by atoms with Gasteiger partial charge in [-0.2, -0.15) is 4.98 Å². The van der Waals surface area contributed by atoms with Crippen molar-refractivity contribution in [2.75, 3.05) is 13.7 Å². The number of benzene rings is 2. The number of rotatable bonds is 5. The lowest BCUT2D eigenvalue weighted by Crippen LogP contribution is -2.24. The molecule has 6 heteroatoms. The van der Waals surface area contributed by atoms with Crippen molar-refractivity contribution in [1.29, 1.82) is 0 Å². The molecule has 1 aliphatic heterocycles. The van der Waals surface area contributed by atoms with Crippen molar-refractivity contribution in [3.05, 3.63) is 65.0 Å². The summed E-state index contributed by atoms with van der Waals surface area (Å²) in [6.07, 6.45) is 0.399. The van der Waals surface area contributed by atoms with Crippen molar-refractivity contribution >= 4 is 5.91 Å². The first kappa shape index (κ1) is 18.2. The van der Waals surface area contributed by atoms with E-state index < -0.39 is 0 Å². The zero-order chi connectivity index (χ0) is 19.7. The number of methoxy groups -OCH3 is 1. The average molecular weight is 377 g/mol. The molecule has 0 N–H and O–H groups in total. The van der Waals surface area contributed by atoms with E-state index in [-0.39, 0.29) is 11.8 Å². The quantitative estimate of drug-likeness (QED) is 0.675. The molecule has 4 rings (SSSR count). The third-order valence-electron chi connectivity index (χ3n) is 5.28. The fourth-order valence-electron chi connectivity index (χ4n) is 3.48. The van der Waals surface area contributed by atoms with Gasteiger partial charge in [0, 0.05) is 31.0 Å². The summed E-state index contributed by atoms with van der Waals surface area (Å²) in [6.45, 7) is 5.26. The van der Waals surface area contributed by atoms with Gasteiger partial charge in [0.2, 0.25) is 5.91 Å². The molecule has 28 heavy (non-hydrogen) atoms. The number of aryl methyl sites for hydroxylation is 2. The first-order chi connectivity index (χ1) is 13.5. The van der Waals surface area contributed by atoms with Crippen LogP contribution in [-0.2, 0) is 11.3 Å². The summed E-state index contributed by atoms with van der Waals surface area (Å²) in [7, 11) is 1.64. The van der Waals surface area contributed by atoms with E-state index in [0.717, 1.165) is 16.9 Å². The Kier molecular flexibility index (Phi) is 4.86. The van der Waals surface area contributed by atoms with Gasteiger partial charge < -0.3 is 14.2 Å². The van der Waals surface area contributed by atoms with E-state index in [9.17, 15) is 4.79 Å². The predicted octanol–water partition coefficient (Wildman–Crippen LogP) is 3.88. The molecule has 6 nitrogen and oxygen atoms in total. The number of amides is 1. The molecule has 1 atom stereocenters. The first-order valence-electron chi connectivity index (χ1n) is 9.35. The fraction of sp³-hybridized carbons (Fsp3) is 0.318. The number of carbonyl (C=O) groups excluding carboxylic acids is 1. The lowest BCUT2D eigenvalue weighted by molar-refractivity contribution is -0.128. The number of ether oxygens (including phenoxy) is 1. The highest BCUT2D eigenvalue weighted by Gasteiger charge is 2.33. The summed E-state index contributed by atoms with van der Waals surface area (Å²) < 4.78 is 10.7. The van der Waals surface area contributed by atoms with Gasteiger partial charge in [0.1, 0.15) is 5.75 Å². The Balaban J connectivity index is 1.48. The lowest BCUT2D eigenvalue weighted by Gasteiger charge is -2.16. The molecule has 1 aliphatic rings. The molecule has 1 saturated heterocycles. The van der Waals surface area contributed by atoms with Gasteiger partial charge in [0.25, 0.3) is 5.89 Å². The van der Waals surface area contributed by atoms with Gasteiger partial charge in [-0.05, 0) is 54.8 Å². The van der Waals surface area contributed by atoms with Crippen LogP contribution in [0.25, 0.3) is 11.5 Å². The van der Waals surface area contributed by atoms with E-state index in [1.807, 2.05) is 47.4 Å². The molecule has 0 spiro atoms. The van der Waals surface area contributed by atoms with Gasteiger partial charge >= 0.3 is 0 Å². The van der Waals surface area contributed by atoms with Crippen LogP contribution < -0.4 is 4.74 Å². The van der Waals surface area contributed by atoms with Crippen LogP contribution in [0.5, 0.6) is 5.75 Å². The molecule has 0 aliphatic carbocycles. The summed E-state index contributed by atoms with van der Waals surface area (Å²) in [4.78, 5) is 18.9. The van der Waals surface area contributed by atoms with Crippen molar-refractivity contribution in [3.8, 4) is 17.2 Å². The average Bonchev–Trinajstić information content (AvgIpc) is 3.32. The topological polar surface area (TPSA) is 68.5 Å². The summed E-state index contributed by atoms with van der Waals surface area (Å²) in [5.41, 5.74) is 4.34. The number of hydrogen-bond donors (Lipinski definition) is 0. The van der Waals surface area contributed by atoms with Gasteiger partial charge in [-0.1, -0.05) is 23.4 Å². The van der Waals surface area contributed by atoms with Gasteiger partial charge in [-0.25, -0.2) is 0 Å². The minimum atomic E-state index is -0.0536. The molecule has 0 bridgehead atoms. The Morgan fingerprint density at radius 3 is 2.82 bits per heavy atom. The van der Waals surface area contributed by atoms with Crippen LogP contribution in [0.15, 0.2) is 47.0 Å². The minimum absolute atomic E-state index is 0.0536. The maximum atomic E-state index is 12.5. The Morgan fingerprint density at radius 2 is 2.04 bits per heavy atom. The maximum absolute atomic E-state index is 12.5. The van der Waals surface area contributed by atoms with E-state index in [1.165, 1.54) is 11.1 Å². The zero-order valence-electron chi connectivity index (χ0n) is 16.3. The summed E-state index contributed by atoms with van der Waals surface area (Å²) in [5.74, 6) is 1.93. The monoisotopic (exact) mass is 377 g/mol. The van der Waals surface area contributed by atoms with Gasteiger partial charge in [0.05, 0.1) is 7.11 Å². The number of nitrogens with zero attached hydrogens (tertiary/aromatic N) is 3. The normalized spacial score (nSPS) is 16.6. The molecule has 0 radical (unpaired) electrons. The molecular formula is C22H23N3O3. The predicted molar refractivity (Wildman–Crippen MR) is 105 cm³/mol. The van der Waals surface area contributed by atoms with Crippen molar-refractivity contribution in [1.82, 2.24) is 15.0 Å². The molecule has 1 unspecified atom stereocenters. The van der Waals surface area contributed by atoms with Crippen LogP contribution in [0.1, 0.15) is 34.9 Å². The molecule has 3 aromatic rings. The van der Waals surface area contributed by atoms with Crippen LogP contribution in [0.2, 0.25) is 0 Å². The minimum Gasteiger partial charge on any atom is -0.497 e. The SMILES string of the molecule is COc1cccc(CN2CC(c3noc(-c4ccc(C)c(C)c4)n3)CC2=O)c1. The van der Waals surface area contributed by atoms with Gasteiger partial charge in [-0.3, -0.25) is 4.79 Å². The van der Waals surface area contributed by atoms with E-state index in [1.54, 1.807) is 7.11 Å². The van der Waals surface area contributed by atoms with Crippen LogP contribution in [-0.4, -0.2) is 34.6 Å². The Bertz CT molecular complexity index is 1010. The highest BCUT2D eigenvalue weighted by atomic mass is 16.5. The van der Waals surface area contributed by atoms with Crippen molar-refractivity contribution < 1.29 is 14.1 Å². The lowest BCUT2D eigenvalue weighted by atomic mass is 10.1. The second-order valence-electron chi connectivity index (χ2n) is 7.28. The second-order valence-corrected chi connectivity index (χ2v) is 7.28. The number of carbonyl (C=O) groups is 1. The highest BCUT2D eigenvalue weighted by Crippen LogP contribution is 2.30. The Hall–Kier alpha value is -3.15. The fourth-order valence-corrected chi connectivity index (χ4v) is 3.48. The van der Waals surface area contributed by atoms with Crippen molar-refractivity contribution in [2.45, 2.75) is 32.7 Å². The summed E-state index contributed by atoms with van der Waals surface area (Å²) in [6, 6.07) is 13.8. The summed E-state index contributed by atoms with van der Waals surface area (Å²) >= 11 is 0. The van der Waals surface area contributed by atoms with Crippen molar-refractivity contribution in [3.63, 3.8) is 0 Å². The molecule has 1 aromatic heterocycles. The molecule has 0 saturated carbocycles. The van der Waals surface area contributed by atoms with E-state index in [2.05, 4.69) is 24.0 Å². The molecular weight excluding hydrogens is 354 g/mol. The number of likely N-dealkylation sites (tertiary alicyclic amines) is 1. The third-order valence-corrected chi connectivity index (χ3v) is 5.28. The first-order valence-corrected chi connectivity index (χ1v) is 9.35. The van der Waals surface area contributed by atoms with Crippen molar-refractivity contribution in [2.24, 2.45) is 0 Å². The van der Waals surface area contributed by atoms with Crippen LogP contribution in [0.4, 0.5) is 0 Å². The molecule has 2 aromatic carbocycles. The molecule has 1 amide bonds. The zero-order valence-corrected chi connectivity index (χ0v) is 16.3.